The number of hydrogen-bond donors (Lipinski definition) is 1. The molecule has 2 saturated heterocycles. The Balaban J connectivity index is 1.41. The van der Waals surface area contributed by atoms with Gasteiger partial charge in [0.25, 0.3) is 0 Å². The third-order valence-electron chi connectivity index (χ3n) is 5.19. The summed E-state index contributed by atoms with van der Waals surface area (Å²) in [5.41, 5.74) is 2.30. The molecule has 26 heavy (non-hydrogen) atoms. The van der Waals surface area contributed by atoms with Crippen molar-refractivity contribution in [3.8, 4) is 0 Å². The highest BCUT2D eigenvalue weighted by molar-refractivity contribution is 5.61. The van der Waals surface area contributed by atoms with E-state index in [0.717, 1.165) is 56.7 Å². The highest BCUT2D eigenvalue weighted by Crippen LogP contribution is 2.22. The fourth-order valence-electron chi connectivity index (χ4n) is 3.55. The van der Waals surface area contributed by atoms with Crippen molar-refractivity contribution in [1.82, 2.24) is 20.1 Å². The number of piperidine rings is 1. The molecular weight excluding hydrogens is 326 g/mol. The van der Waals surface area contributed by atoms with Gasteiger partial charge in [-0.1, -0.05) is 0 Å². The van der Waals surface area contributed by atoms with E-state index >= 15 is 0 Å². The Bertz CT molecular complexity index is 704. The number of anilines is 4. The van der Waals surface area contributed by atoms with Gasteiger partial charge in [0.1, 0.15) is 0 Å². The van der Waals surface area contributed by atoms with E-state index in [-0.39, 0.29) is 0 Å². The van der Waals surface area contributed by atoms with E-state index in [1.165, 1.54) is 24.9 Å². The number of hydrogen-bond acceptors (Lipinski definition) is 7. The first kappa shape index (κ1) is 17.0. The topological polar surface area (TPSA) is 60.4 Å². The number of nitrogens with zero attached hydrogens (tertiary/aromatic N) is 6. The van der Waals surface area contributed by atoms with Crippen molar-refractivity contribution in [3.05, 3.63) is 30.5 Å². The maximum atomic E-state index is 4.64. The minimum Gasteiger partial charge on any atom is -0.369 e. The summed E-state index contributed by atoms with van der Waals surface area (Å²) in [5, 5.41) is 11.7. The summed E-state index contributed by atoms with van der Waals surface area (Å²) < 4.78 is 0. The molecule has 1 N–H and O–H groups in total. The Morgan fingerprint density at radius 3 is 2.31 bits per heavy atom. The molecule has 0 spiro atoms. The lowest BCUT2D eigenvalue weighted by Gasteiger charge is -2.34. The first-order valence-corrected chi connectivity index (χ1v) is 9.53. The van der Waals surface area contributed by atoms with Crippen LogP contribution < -0.4 is 15.1 Å². The molecule has 4 rings (SSSR count). The van der Waals surface area contributed by atoms with Crippen LogP contribution in [0.1, 0.15) is 19.3 Å². The molecule has 1 aromatic heterocycles. The molecule has 2 fully saturated rings. The predicted octanol–water partition coefficient (Wildman–Crippen LogP) is 2.36. The Morgan fingerprint density at radius 2 is 1.58 bits per heavy atom. The van der Waals surface area contributed by atoms with Crippen molar-refractivity contribution >= 4 is 23.1 Å². The number of likely N-dealkylation sites (N-methyl/N-ethyl adjacent to an activating group) is 1. The Labute approximate surface area is 155 Å². The SMILES string of the molecule is CN1CCN(c2ccc(Nc3cnnc(N4CCCCC4)n3)cc2)CC1. The number of piperazine rings is 1. The first-order chi connectivity index (χ1) is 12.8. The smallest absolute Gasteiger partial charge is 0.247 e. The number of rotatable bonds is 4. The second-order valence-corrected chi connectivity index (χ2v) is 7.15. The molecule has 0 amide bonds. The maximum absolute atomic E-state index is 4.64. The van der Waals surface area contributed by atoms with Gasteiger partial charge in [-0.05, 0) is 50.6 Å². The summed E-state index contributed by atoms with van der Waals surface area (Å²) in [6, 6.07) is 8.56. The lowest BCUT2D eigenvalue weighted by molar-refractivity contribution is 0.313. The molecule has 7 nitrogen and oxygen atoms in total. The molecule has 0 saturated carbocycles. The van der Waals surface area contributed by atoms with Crippen molar-refractivity contribution in [2.24, 2.45) is 0 Å². The molecule has 138 valence electrons. The summed E-state index contributed by atoms with van der Waals surface area (Å²) in [4.78, 5) is 11.7. The molecule has 3 heterocycles. The third-order valence-corrected chi connectivity index (χ3v) is 5.19. The Morgan fingerprint density at radius 1 is 0.846 bits per heavy atom. The summed E-state index contributed by atoms with van der Waals surface area (Å²) in [7, 11) is 2.18. The van der Waals surface area contributed by atoms with Crippen molar-refractivity contribution in [1.29, 1.82) is 0 Å². The largest absolute Gasteiger partial charge is 0.369 e. The van der Waals surface area contributed by atoms with Crippen LogP contribution in [0.3, 0.4) is 0 Å². The minimum atomic E-state index is 0.726. The molecule has 0 bridgehead atoms. The van der Waals surface area contributed by atoms with Gasteiger partial charge in [-0.15, -0.1) is 5.10 Å². The van der Waals surface area contributed by atoms with Crippen LogP contribution in [-0.2, 0) is 0 Å². The van der Waals surface area contributed by atoms with Crippen molar-refractivity contribution in [3.63, 3.8) is 0 Å². The van der Waals surface area contributed by atoms with Gasteiger partial charge >= 0.3 is 0 Å². The van der Waals surface area contributed by atoms with Gasteiger partial charge in [-0.2, -0.15) is 10.1 Å². The van der Waals surface area contributed by atoms with Gasteiger partial charge < -0.3 is 20.0 Å². The van der Waals surface area contributed by atoms with Gasteiger partial charge in [-0.3, -0.25) is 0 Å². The highest BCUT2D eigenvalue weighted by atomic mass is 15.3. The van der Waals surface area contributed by atoms with Crippen LogP contribution in [-0.4, -0.2) is 66.4 Å². The van der Waals surface area contributed by atoms with Gasteiger partial charge in [-0.25, -0.2) is 0 Å². The molecule has 7 heteroatoms. The summed E-state index contributed by atoms with van der Waals surface area (Å²) in [5.74, 6) is 1.47. The summed E-state index contributed by atoms with van der Waals surface area (Å²) in [6.07, 6.45) is 5.38. The normalized spacial score (nSPS) is 18.8. The molecule has 0 aliphatic carbocycles. The monoisotopic (exact) mass is 353 g/mol. The predicted molar refractivity (Wildman–Crippen MR) is 105 cm³/mol. The Kier molecular flexibility index (Phi) is 5.15. The molecule has 0 unspecified atom stereocenters. The van der Waals surface area contributed by atoms with E-state index in [0.29, 0.717) is 0 Å². The zero-order valence-corrected chi connectivity index (χ0v) is 15.4. The van der Waals surface area contributed by atoms with E-state index in [1.54, 1.807) is 6.20 Å². The minimum absolute atomic E-state index is 0.726. The zero-order chi connectivity index (χ0) is 17.8. The number of nitrogens with one attached hydrogen (secondary N) is 1. The van der Waals surface area contributed by atoms with Gasteiger partial charge in [0.05, 0.1) is 6.20 Å². The van der Waals surface area contributed by atoms with Crippen LogP contribution in [0.5, 0.6) is 0 Å². The average molecular weight is 353 g/mol. The third kappa shape index (κ3) is 4.04. The highest BCUT2D eigenvalue weighted by Gasteiger charge is 2.15. The number of benzene rings is 1. The number of aromatic nitrogens is 3. The maximum Gasteiger partial charge on any atom is 0.247 e. The molecule has 0 atom stereocenters. The van der Waals surface area contributed by atoms with Crippen LogP contribution in [0.15, 0.2) is 30.5 Å². The quantitative estimate of drug-likeness (QED) is 0.905. The zero-order valence-electron chi connectivity index (χ0n) is 15.4. The van der Waals surface area contributed by atoms with Gasteiger partial charge in [0, 0.05) is 50.6 Å². The fourth-order valence-corrected chi connectivity index (χ4v) is 3.55. The second-order valence-electron chi connectivity index (χ2n) is 7.15. The average Bonchev–Trinajstić information content (AvgIpc) is 2.70. The first-order valence-electron chi connectivity index (χ1n) is 9.53. The fraction of sp³-hybridized carbons (Fsp3) is 0.526. The van der Waals surface area contributed by atoms with Crippen LogP contribution in [0.4, 0.5) is 23.1 Å². The van der Waals surface area contributed by atoms with Crippen molar-refractivity contribution in [2.45, 2.75) is 19.3 Å². The van der Waals surface area contributed by atoms with Gasteiger partial charge in [0.15, 0.2) is 5.82 Å². The van der Waals surface area contributed by atoms with E-state index in [1.807, 2.05) is 0 Å². The molecule has 1 aromatic carbocycles. The second kappa shape index (κ2) is 7.86. The molecule has 2 aliphatic rings. The lowest BCUT2D eigenvalue weighted by Crippen LogP contribution is -2.44. The van der Waals surface area contributed by atoms with Crippen molar-refractivity contribution < 1.29 is 0 Å². The van der Waals surface area contributed by atoms with Crippen LogP contribution in [0.25, 0.3) is 0 Å². The van der Waals surface area contributed by atoms with E-state index in [9.17, 15) is 0 Å². The van der Waals surface area contributed by atoms with Crippen LogP contribution in [0, 0.1) is 0 Å². The van der Waals surface area contributed by atoms with Crippen LogP contribution >= 0.6 is 0 Å². The summed E-state index contributed by atoms with van der Waals surface area (Å²) >= 11 is 0. The van der Waals surface area contributed by atoms with Crippen molar-refractivity contribution in [2.75, 3.05) is 61.4 Å². The van der Waals surface area contributed by atoms with E-state index < -0.39 is 0 Å². The van der Waals surface area contributed by atoms with Gasteiger partial charge in [0.2, 0.25) is 5.95 Å². The van der Waals surface area contributed by atoms with E-state index in [2.05, 4.69) is 66.5 Å². The van der Waals surface area contributed by atoms with Crippen LogP contribution in [0.2, 0.25) is 0 Å². The van der Waals surface area contributed by atoms with E-state index in [4.69, 9.17) is 0 Å². The molecule has 2 aromatic rings. The molecule has 2 aliphatic heterocycles. The Hall–Kier alpha value is -2.41. The summed E-state index contributed by atoms with van der Waals surface area (Å²) in [6.45, 7) is 6.43. The molecular formula is C19H27N7. The standard InChI is InChI=1S/C19H27N7/c1-24-11-13-25(14-12-24)17-7-5-16(6-8-17)21-18-15-20-23-19(22-18)26-9-3-2-4-10-26/h5-8,15H,2-4,9-14H2,1H3,(H,21,22,23). The molecule has 0 radical (unpaired) electrons. The lowest BCUT2D eigenvalue weighted by atomic mass is 10.1.